The van der Waals surface area contributed by atoms with Gasteiger partial charge < -0.3 is 4.98 Å². The lowest BCUT2D eigenvalue weighted by molar-refractivity contribution is -0.384. The van der Waals surface area contributed by atoms with Crippen LogP contribution in [0.4, 0.5) is 5.69 Å². The Kier molecular flexibility index (Phi) is 4.66. The van der Waals surface area contributed by atoms with Crippen molar-refractivity contribution in [3.63, 3.8) is 0 Å². The maximum atomic E-state index is 12.5. The number of non-ortho nitro benzene ring substituents is 1. The van der Waals surface area contributed by atoms with Crippen molar-refractivity contribution in [3.05, 3.63) is 86.8 Å². The standard InChI is InChI=1S/C19H15N5O3S/c1-12(13-6-5-9-15(10-13)24(26)27)28-19-21-17-16(18(25)22-19)11-20-23(17)14-7-3-2-4-8-14/h2-12H,1H3,(H,21,22,25)/t12-/m0/s1. The van der Waals surface area contributed by atoms with Crippen LogP contribution in [0.25, 0.3) is 16.7 Å². The SMILES string of the molecule is C[C@H](Sc1nc2c(cnn2-c2ccccc2)c(=O)[nH]1)c1cccc([N+](=O)[O-])c1. The summed E-state index contributed by atoms with van der Waals surface area (Å²) in [5.74, 6) is 0. The van der Waals surface area contributed by atoms with Gasteiger partial charge in [-0.2, -0.15) is 5.10 Å². The first kappa shape index (κ1) is 17.9. The average Bonchev–Trinajstić information content (AvgIpc) is 3.13. The molecule has 2 heterocycles. The van der Waals surface area contributed by atoms with Crippen LogP contribution < -0.4 is 5.56 Å². The van der Waals surface area contributed by atoms with Crippen molar-refractivity contribution in [2.24, 2.45) is 0 Å². The number of nitrogens with one attached hydrogen (secondary N) is 1. The molecule has 0 spiro atoms. The monoisotopic (exact) mass is 393 g/mol. The zero-order valence-electron chi connectivity index (χ0n) is 14.8. The van der Waals surface area contributed by atoms with Crippen molar-refractivity contribution in [2.75, 3.05) is 0 Å². The second-order valence-corrected chi connectivity index (χ2v) is 7.44. The molecule has 2 aromatic heterocycles. The van der Waals surface area contributed by atoms with Crippen LogP contribution in [0.1, 0.15) is 17.7 Å². The quantitative estimate of drug-likeness (QED) is 0.239. The number of rotatable bonds is 5. The van der Waals surface area contributed by atoms with Gasteiger partial charge in [-0.1, -0.05) is 42.1 Å². The lowest BCUT2D eigenvalue weighted by atomic mass is 10.1. The summed E-state index contributed by atoms with van der Waals surface area (Å²) in [6, 6.07) is 15.9. The highest BCUT2D eigenvalue weighted by atomic mass is 32.2. The molecular formula is C19H15N5O3S. The Morgan fingerprint density at radius 2 is 1.96 bits per heavy atom. The highest BCUT2D eigenvalue weighted by molar-refractivity contribution is 7.99. The molecule has 0 aliphatic heterocycles. The minimum absolute atomic E-state index is 0.0315. The third kappa shape index (κ3) is 3.39. The first-order valence-electron chi connectivity index (χ1n) is 8.47. The van der Waals surface area contributed by atoms with Crippen molar-refractivity contribution >= 4 is 28.5 Å². The predicted molar refractivity (Wildman–Crippen MR) is 107 cm³/mol. The van der Waals surface area contributed by atoms with Gasteiger partial charge in [-0.05, 0) is 24.6 Å². The van der Waals surface area contributed by atoms with Crippen LogP contribution in [0.5, 0.6) is 0 Å². The number of hydrogen-bond donors (Lipinski definition) is 1. The van der Waals surface area contributed by atoms with E-state index < -0.39 is 4.92 Å². The van der Waals surface area contributed by atoms with E-state index in [2.05, 4.69) is 15.1 Å². The number of nitro groups is 1. The van der Waals surface area contributed by atoms with Crippen molar-refractivity contribution in [1.82, 2.24) is 19.7 Å². The van der Waals surface area contributed by atoms with Gasteiger partial charge in [-0.3, -0.25) is 14.9 Å². The van der Waals surface area contributed by atoms with Gasteiger partial charge in [-0.15, -0.1) is 0 Å². The van der Waals surface area contributed by atoms with Crippen LogP contribution >= 0.6 is 11.8 Å². The van der Waals surface area contributed by atoms with Gasteiger partial charge in [0.2, 0.25) is 0 Å². The average molecular weight is 393 g/mol. The zero-order valence-corrected chi connectivity index (χ0v) is 15.6. The third-order valence-corrected chi connectivity index (χ3v) is 5.30. The van der Waals surface area contributed by atoms with Gasteiger partial charge in [0, 0.05) is 17.4 Å². The highest BCUT2D eigenvalue weighted by Crippen LogP contribution is 2.34. The smallest absolute Gasteiger partial charge is 0.269 e. The van der Waals surface area contributed by atoms with E-state index in [9.17, 15) is 14.9 Å². The van der Waals surface area contributed by atoms with Gasteiger partial charge >= 0.3 is 0 Å². The topological polar surface area (TPSA) is 107 Å². The molecule has 0 amide bonds. The number of fused-ring (bicyclic) bond motifs is 1. The largest absolute Gasteiger partial charge is 0.301 e. The molecule has 0 radical (unpaired) electrons. The van der Waals surface area contributed by atoms with Crippen molar-refractivity contribution in [3.8, 4) is 5.69 Å². The van der Waals surface area contributed by atoms with E-state index in [1.807, 2.05) is 43.3 Å². The summed E-state index contributed by atoms with van der Waals surface area (Å²) in [4.78, 5) is 30.4. The second kappa shape index (κ2) is 7.28. The molecule has 0 saturated heterocycles. The maximum absolute atomic E-state index is 12.5. The summed E-state index contributed by atoms with van der Waals surface area (Å²) in [5, 5.41) is 16.0. The number of nitro benzene ring substituents is 1. The fourth-order valence-electron chi connectivity index (χ4n) is 2.84. The Morgan fingerprint density at radius 3 is 2.71 bits per heavy atom. The number of benzene rings is 2. The molecule has 0 unspecified atom stereocenters. The van der Waals surface area contributed by atoms with Gasteiger partial charge in [0.1, 0.15) is 5.39 Å². The predicted octanol–water partition coefficient (Wildman–Crippen LogP) is 3.87. The summed E-state index contributed by atoms with van der Waals surface area (Å²) >= 11 is 1.32. The van der Waals surface area contributed by atoms with Crippen LogP contribution in [0.2, 0.25) is 0 Å². The van der Waals surface area contributed by atoms with E-state index in [0.29, 0.717) is 16.2 Å². The normalized spacial score (nSPS) is 12.2. The first-order chi connectivity index (χ1) is 13.5. The highest BCUT2D eigenvalue weighted by Gasteiger charge is 2.16. The number of hydrogen-bond acceptors (Lipinski definition) is 6. The summed E-state index contributed by atoms with van der Waals surface area (Å²) in [6.07, 6.45) is 1.49. The van der Waals surface area contributed by atoms with E-state index >= 15 is 0 Å². The lowest BCUT2D eigenvalue weighted by Crippen LogP contribution is -2.10. The third-order valence-electron chi connectivity index (χ3n) is 4.26. The number of nitrogens with zero attached hydrogens (tertiary/aromatic N) is 4. The lowest BCUT2D eigenvalue weighted by Gasteiger charge is -2.11. The van der Waals surface area contributed by atoms with Crippen molar-refractivity contribution in [2.45, 2.75) is 17.3 Å². The Labute approximate surface area is 163 Å². The molecule has 0 bridgehead atoms. The minimum Gasteiger partial charge on any atom is -0.301 e. The van der Waals surface area contributed by atoms with Crippen molar-refractivity contribution < 1.29 is 4.92 Å². The van der Waals surface area contributed by atoms with Gasteiger partial charge in [0.15, 0.2) is 10.8 Å². The number of thioether (sulfide) groups is 1. The van der Waals surface area contributed by atoms with Gasteiger partial charge in [0.25, 0.3) is 11.2 Å². The molecule has 28 heavy (non-hydrogen) atoms. The fourth-order valence-corrected chi connectivity index (χ4v) is 3.75. The van der Waals surface area contributed by atoms with Crippen LogP contribution in [-0.2, 0) is 0 Å². The van der Waals surface area contributed by atoms with Crippen LogP contribution in [-0.4, -0.2) is 24.7 Å². The van der Waals surface area contributed by atoms with Gasteiger partial charge in [0.05, 0.1) is 16.8 Å². The Morgan fingerprint density at radius 1 is 1.18 bits per heavy atom. The molecule has 0 aliphatic carbocycles. The molecule has 0 aliphatic rings. The Bertz CT molecular complexity index is 1220. The van der Waals surface area contributed by atoms with Crippen LogP contribution in [0.15, 0.2) is 70.7 Å². The summed E-state index contributed by atoms with van der Waals surface area (Å²) < 4.78 is 1.62. The Balaban J connectivity index is 1.70. The maximum Gasteiger partial charge on any atom is 0.269 e. The minimum atomic E-state index is -0.425. The summed E-state index contributed by atoms with van der Waals surface area (Å²) in [6.45, 7) is 1.91. The second-order valence-electron chi connectivity index (χ2n) is 6.11. The molecule has 9 heteroatoms. The van der Waals surface area contributed by atoms with Crippen LogP contribution in [0, 0.1) is 10.1 Å². The van der Waals surface area contributed by atoms with Crippen molar-refractivity contribution in [1.29, 1.82) is 0 Å². The molecule has 8 nitrogen and oxygen atoms in total. The van der Waals surface area contributed by atoms with Gasteiger partial charge in [-0.25, -0.2) is 9.67 Å². The van der Waals surface area contributed by atoms with Crippen LogP contribution in [0.3, 0.4) is 0 Å². The molecule has 0 saturated carbocycles. The number of aromatic amines is 1. The molecule has 4 aromatic rings. The number of aromatic nitrogens is 4. The summed E-state index contributed by atoms with van der Waals surface area (Å²) in [7, 11) is 0. The zero-order chi connectivity index (χ0) is 19.7. The molecule has 0 fully saturated rings. The molecule has 1 N–H and O–H groups in total. The summed E-state index contributed by atoms with van der Waals surface area (Å²) in [5.41, 5.74) is 1.80. The van der Waals surface area contributed by atoms with E-state index in [1.54, 1.807) is 10.7 Å². The molecule has 140 valence electrons. The van der Waals surface area contributed by atoms with E-state index in [1.165, 1.54) is 30.1 Å². The fraction of sp³-hybridized carbons (Fsp3) is 0.105. The molecular weight excluding hydrogens is 378 g/mol. The number of para-hydroxylation sites is 1. The number of H-pyrrole nitrogens is 1. The molecule has 1 atom stereocenters. The Hall–Kier alpha value is -3.46. The first-order valence-corrected chi connectivity index (χ1v) is 9.35. The van der Waals surface area contributed by atoms with E-state index in [-0.39, 0.29) is 16.5 Å². The molecule has 4 rings (SSSR count). The molecule has 2 aromatic carbocycles. The van der Waals surface area contributed by atoms with E-state index in [4.69, 9.17) is 0 Å². The van der Waals surface area contributed by atoms with E-state index in [0.717, 1.165) is 11.3 Å².